The first-order valence-electron chi connectivity index (χ1n) is 10.1. The smallest absolute Gasteiger partial charge is 0.358 e. The van der Waals surface area contributed by atoms with Crippen molar-refractivity contribution in [3.63, 3.8) is 0 Å². The molecule has 1 aromatic heterocycles. The average Bonchev–Trinajstić information content (AvgIpc) is 3.41. The Morgan fingerprint density at radius 1 is 1.23 bits per heavy atom. The lowest BCUT2D eigenvalue weighted by Crippen LogP contribution is -2.35. The maximum absolute atomic E-state index is 12.6. The number of ether oxygens (including phenoxy) is 1. The zero-order chi connectivity index (χ0) is 21.1. The van der Waals surface area contributed by atoms with Crippen LogP contribution < -0.4 is 15.4 Å². The van der Waals surface area contributed by atoms with E-state index < -0.39 is 5.97 Å². The third-order valence-electron chi connectivity index (χ3n) is 5.62. The van der Waals surface area contributed by atoms with Gasteiger partial charge in [0.15, 0.2) is 5.69 Å². The number of hydrogen-bond donors (Lipinski definition) is 3. The lowest BCUT2D eigenvalue weighted by atomic mass is 10.1. The Hall–Kier alpha value is -2.98. The van der Waals surface area contributed by atoms with E-state index >= 15 is 0 Å². The molecule has 2 fully saturated rings. The maximum Gasteiger partial charge on any atom is 0.358 e. The molecule has 0 saturated carbocycles. The zero-order valence-corrected chi connectivity index (χ0v) is 16.8. The monoisotopic (exact) mass is 414 g/mol. The number of carbonyl (C=O) groups is 2. The van der Waals surface area contributed by atoms with Gasteiger partial charge in [0.05, 0.1) is 18.3 Å². The number of carbonyl (C=O) groups excluding carboxylic acids is 1. The van der Waals surface area contributed by atoms with E-state index in [1.54, 1.807) is 0 Å². The van der Waals surface area contributed by atoms with Crippen LogP contribution in [0.2, 0.25) is 0 Å². The molecule has 10 nitrogen and oxygen atoms in total. The van der Waals surface area contributed by atoms with Gasteiger partial charge in [0.1, 0.15) is 11.9 Å². The van der Waals surface area contributed by atoms with Gasteiger partial charge in [-0.2, -0.15) is 0 Å². The number of likely N-dealkylation sites (tertiary alicyclic amines) is 1. The van der Waals surface area contributed by atoms with E-state index in [4.69, 9.17) is 9.84 Å². The molecule has 30 heavy (non-hydrogen) atoms. The lowest BCUT2D eigenvalue weighted by molar-refractivity contribution is -0.117. The van der Waals surface area contributed by atoms with Crippen molar-refractivity contribution in [2.24, 2.45) is 0 Å². The molecule has 2 aliphatic heterocycles. The molecule has 1 amide bonds. The minimum atomic E-state index is -1.12. The molecule has 2 aliphatic rings. The SMILES string of the molecule is CN1CCC(Oc2ccc(NC(=O)[C@@H]3C[C@@H](n4cc(C(=O)O)nn4)CN3)cc2)CC1. The van der Waals surface area contributed by atoms with Crippen molar-refractivity contribution in [1.82, 2.24) is 25.2 Å². The Kier molecular flexibility index (Phi) is 5.96. The van der Waals surface area contributed by atoms with E-state index in [2.05, 4.69) is 32.9 Å². The highest BCUT2D eigenvalue weighted by molar-refractivity contribution is 5.95. The van der Waals surface area contributed by atoms with Gasteiger partial charge >= 0.3 is 5.97 Å². The third-order valence-corrected chi connectivity index (χ3v) is 5.62. The van der Waals surface area contributed by atoms with Gasteiger partial charge in [0.25, 0.3) is 0 Å². The minimum absolute atomic E-state index is 0.106. The van der Waals surface area contributed by atoms with Crippen LogP contribution in [0.3, 0.4) is 0 Å². The van der Waals surface area contributed by atoms with E-state index in [1.165, 1.54) is 10.9 Å². The number of piperidine rings is 1. The van der Waals surface area contributed by atoms with Crippen molar-refractivity contribution in [3.05, 3.63) is 36.2 Å². The first-order valence-corrected chi connectivity index (χ1v) is 10.1. The number of nitrogens with zero attached hydrogens (tertiary/aromatic N) is 4. The number of carboxylic acids is 1. The predicted molar refractivity (Wildman–Crippen MR) is 109 cm³/mol. The second kappa shape index (κ2) is 8.80. The second-order valence-corrected chi connectivity index (χ2v) is 7.87. The molecule has 4 rings (SSSR count). The van der Waals surface area contributed by atoms with Gasteiger partial charge in [-0.1, -0.05) is 5.21 Å². The number of hydrogen-bond acceptors (Lipinski definition) is 7. The van der Waals surface area contributed by atoms with Crippen molar-refractivity contribution in [1.29, 1.82) is 0 Å². The largest absolute Gasteiger partial charge is 0.490 e. The van der Waals surface area contributed by atoms with Gasteiger partial charge in [-0.25, -0.2) is 9.48 Å². The summed E-state index contributed by atoms with van der Waals surface area (Å²) in [4.78, 5) is 25.8. The van der Waals surface area contributed by atoms with Gasteiger partial charge in [0, 0.05) is 25.3 Å². The van der Waals surface area contributed by atoms with Crippen LogP contribution in [0.5, 0.6) is 5.75 Å². The molecule has 1 aromatic carbocycles. The highest BCUT2D eigenvalue weighted by Gasteiger charge is 2.31. The Morgan fingerprint density at radius 3 is 2.63 bits per heavy atom. The van der Waals surface area contributed by atoms with Crippen molar-refractivity contribution in [3.8, 4) is 5.75 Å². The number of rotatable bonds is 6. The summed E-state index contributed by atoms with van der Waals surface area (Å²) in [5.74, 6) is -0.452. The van der Waals surface area contributed by atoms with Gasteiger partial charge < -0.3 is 25.4 Å². The summed E-state index contributed by atoms with van der Waals surface area (Å²) in [5, 5.41) is 22.5. The fourth-order valence-electron chi connectivity index (χ4n) is 3.81. The number of aromatic carboxylic acids is 1. The van der Waals surface area contributed by atoms with Crippen LogP contribution in [-0.2, 0) is 4.79 Å². The fourth-order valence-corrected chi connectivity index (χ4v) is 3.81. The van der Waals surface area contributed by atoms with E-state index in [1.807, 2.05) is 24.3 Å². The Morgan fingerprint density at radius 2 is 1.97 bits per heavy atom. The highest BCUT2D eigenvalue weighted by atomic mass is 16.5. The standard InChI is InChI=1S/C20H26N6O4/c1-25-8-6-16(7-9-25)30-15-4-2-13(3-5-15)22-19(27)17-10-14(11-21-17)26-12-18(20(28)29)23-24-26/h2-5,12,14,16-17,21H,6-11H2,1H3,(H,22,27)(H,28,29)/t14-,17+/m1/s1. The number of aromatic nitrogens is 3. The predicted octanol–water partition coefficient (Wildman–Crippen LogP) is 0.991. The Labute approximate surface area is 174 Å². The molecule has 0 unspecified atom stereocenters. The molecule has 0 aliphatic carbocycles. The molecule has 2 aromatic rings. The molecule has 10 heteroatoms. The first kappa shape index (κ1) is 20.3. The lowest BCUT2D eigenvalue weighted by Gasteiger charge is -2.29. The molecule has 0 bridgehead atoms. The van der Waals surface area contributed by atoms with Crippen molar-refractivity contribution in [2.75, 3.05) is 32.0 Å². The van der Waals surface area contributed by atoms with E-state index in [-0.39, 0.29) is 29.8 Å². The van der Waals surface area contributed by atoms with Crippen LogP contribution in [-0.4, -0.2) is 75.7 Å². The molecule has 2 atom stereocenters. The highest BCUT2D eigenvalue weighted by Crippen LogP contribution is 2.23. The molecular weight excluding hydrogens is 388 g/mol. The molecule has 0 radical (unpaired) electrons. The van der Waals surface area contributed by atoms with Crippen LogP contribution in [0.1, 0.15) is 35.8 Å². The van der Waals surface area contributed by atoms with E-state index in [0.717, 1.165) is 31.7 Å². The summed E-state index contributed by atoms with van der Waals surface area (Å²) in [6, 6.07) is 6.92. The van der Waals surface area contributed by atoms with E-state index in [9.17, 15) is 9.59 Å². The van der Waals surface area contributed by atoms with Gasteiger partial charge in [-0.3, -0.25) is 4.79 Å². The van der Waals surface area contributed by atoms with Crippen LogP contribution in [0.15, 0.2) is 30.5 Å². The van der Waals surface area contributed by atoms with Gasteiger partial charge in [-0.15, -0.1) is 5.10 Å². The van der Waals surface area contributed by atoms with Crippen LogP contribution in [0.25, 0.3) is 0 Å². The van der Waals surface area contributed by atoms with Crippen LogP contribution >= 0.6 is 0 Å². The van der Waals surface area contributed by atoms with Gasteiger partial charge in [0.2, 0.25) is 5.91 Å². The normalized spacial score (nSPS) is 22.7. The fraction of sp³-hybridized carbons (Fsp3) is 0.500. The number of anilines is 1. The van der Waals surface area contributed by atoms with E-state index in [0.29, 0.717) is 18.7 Å². The quantitative estimate of drug-likeness (QED) is 0.640. The molecular formula is C20H26N6O4. The molecule has 160 valence electrons. The third kappa shape index (κ3) is 4.77. The number of benzene rings is 1. The summed E-state index contributed by atoms with van der Waals surface area (Å²) >= 11 is 0. The molecule has 2 saturated heterocycles. The maximum atomic E-state index is 12.6. The van der Waals surface area contributed by atoms with Crippen LogP contribution in [0.4, 0.5) is 5.69 Å². The zero-order valence-electron chi connectivity index (χ0n) is 16.8. The molecule has 3 N–H and O–H groups in total. The van der Waals surface area contributed by atoms with Crippen LogP contribution in [0, 0.1) is 0 Å². The summed E-state index contributed by atoms with van der Waals surface area (Å²) in [5.41, 5.74) is 0.598. The topological polar surface area (TPSA) is 122 Å². The van der Waals surface area contributed by atoms with Crippen molar-refractivity contribution >= 4 is 17.6 Å². The summed E-state index contributed by atoms with van der Waals surface area (Å²) in [7, 11) is 2.12. The minimum Gasteiger partial charge on any atom is -0.490 e. The number of carboxylic acid groups (broad SMARTS) is 1. The van der Waals surface area contributed by atoms with Crippen molar-refractivity contribution in [2.45, 2.75) is 37.5 Å². The molecule has 3 heterocycles. The van der Waals surface area contributed by atoms with Crippen molar-refractivity contribution < 1.29 is 19.4 Å². The average molecular weight is 414 g/mol. The second-order valence-electron chi connectivity index (χ2n) is 7.87. The summed E-state index contributed by atoms with van der Waals surface area (Å²) in [6.45, 7) is 2.60. The first-order chi connectivity index (χ1) is 14.5. The Balaban J connectivity index is 1.28. The summed E-state index contributed by atoms with van der Waals surface area (Å²) < 4.78 is 7.54. The Bertz CT molecular complexity index is 891. The number of amides is 1. The molecule has 0 spiro atoms. The van der Waals surface area contributed by atoms with Gasteiger partial charge in [-0.05, 0) is 50.6 Å². The summed E-state index contributed by atoms with van der Waals surface area (Å²) in [6.07, 6.45) is 4.16. The number of nitrogens with one attached hydrogen (secondary N) is 2.